The average Bonchev–Trinajstić information content (AvgIpc) is 2.34. The number of carbonyl (C=O) groups is 1. The molecule has 5 heteroatoms. The summed E-state index contributed by atoms with van der Waals surface area (Å²) in [5.41, 5.74) is 0. The average molecular weight is 332 g/mol. The van der Waals surface area contributed by atoms with Gasteiger partial charge in [-0.2, -0.15) is 0 Å². The predicted octanol–water partition coefficient (Wildman–Crippen LogP) is 2.52. The number of carbonyl (C=O) groups excluding carboxylic acids is 1. The van der Waals surface area contributed by atoms with Gasteiger partial charge >= 0.3 is 0 Å². The van der Waals surface area contributed by atoms with Crippen LogP contribution in [0.1, 0.15) is 9.67 Å². The second kappa shape index (κ2) is 3.77. The number of halogens is 2. The highest BCUT2D eigenvalue weighted by atomic mass is 127. The number of rotatable bonds is 2. The number of aromatic nitrogens is 1. The molecule has 1 heterocycles. The monoisotopic (exact) mass is 331 g/mol. The lowest BCUT2D eigenvalue weighted by Gasteiger charge is -1.84. The minimum absolute atomic E-state index is 0.142. The molecule has 1 rings (SSSR count). The molecule has 0 aromatic carbocycles. The van der Waals surface area contributed by atoms with Crippen molar-refractivity contribution in [3.8, 4) is 0 Å². The zero-order valence-electron chi connectivity index (χ0n) is 4.80. The van der Waals surface area contributed by atoms with Crippen molar-refractivity contribution in [1.82, 2.24) is 4.98 Å². The minimum atomic E-state index is 0.142. The molecule has 2 nitrogen and oxygen atoms in total. The van der Waals surface area contributed by atoms with E-state index in [1.165, 1.54) is 11.3 Å². The molecule has 0 bridgehead atoms. The summed E-state index contributed by atoms with van der Waals surface area (Å²) in [6.07, 6.45) is 1.59. The normalized spacial score (nSPS) is 9.80. The number of alkyl halides is 1. The zero-order valence-corrected chi connectivity index (χ0v) is 9.36. The third kappa shape index (κ3) is 2.00. The van der Waals surface area contributed by atoms with E-state index in [1.54, 1.807) is 6.20 Å². The van der Waals surface area contributed by atoms with Crippen LogP contribution in [-0.2, 0) is 0 Å². The van der Waals surface area contributed by atoms with Crippen molar-refractivity contribution in [1.29, 1.82) is 0 Å². The molecule has 1 aromatic heterocycles. The fourth-order valence-electron chi connectivity index (χ4n) is 0.448. The summed E-state index contributed by atoms with van der Waals surface area (Å²) < 4.78 is 1.28. The van der Waals surface area contributed by atoms with E-state index in [1.807, 2.05) is 22.6 Å². The molecule has 10 heavy (non-hydrogen) atoms. The molecule has 0 unspecified atom stereocenters. The van der Waals surface area contributed by atoms with Crippen molar-refractivity contribution < 1.29 is 4.79 Å². The number of ketones is 1. The van der Waals surface area contributed by atoms with Crippen LogP contribution in [0.4, 0.5) is 0 Å². The Kier molecular flexibility index (Phi) is 3.25. The second-order valence-electron chi connectivity index (χ2n) is 1.53. The van der Waals surface area contributed by atoms with Gasteiger partial charge in [0, 0.05) is 0 Å². The van der Waals surface area contributed by atoms with E-state index in [-0.39, 0.29) is 5.78 Å². The quantitative estimate of drug-likeness (QED) is 0.473. The van der Waals surface area contributed by atoms with E-state index < -0.39 is 0 Å². The number of nitrogens with zero attached hydrogens (tertiary/aromatic N) is 1. The van der Waals surface area contributed by atoms with Crippen LogP contribution in [-0.4, -0.2) is 15.2 Å². The van der Waals surface area contributed by atoms with Gasteiger partial charge in [-0.25, -0.2) is 4.98 Å². The number of hydrogen-bond acceptors (Lipinski definition) is 3. The van der Waals surface area contributed by atoms with Gasteiger partial charge in [0.1, 0.15) is 0 Å². The number of hydrogen-bond donors (Lipinski definition) is 0. The highest BCUT2D eigenvalue weighted by Crippen LogP contribution is 2.19. The lowest BCUT2D eigenvalue weighted by atomic mass is 10.4. The third-order valence-corrected chi connectivity index (χ3v) is 3.08. The first-order valence-corrected chi connectivity index (χ1v) is 5.58. The van der Waals surface area contributed by atoms with Crippen molar-refractivity contribution in [2.24, 2.45) is 0 Å². The standard InChI is InChI=1S/C5H3BrINOS/c6-5-8-2-4(10-5)3(9)1-7/h2H,1H2. The van der Waals surface area contributed by atoms with E-state index >= 15 is 0 Å². The summed E-state index contributed by atoms with van der Waals surface area (Å²) in [5, 5.41) is 0. The van der Waals surface area contributed by atoms with Crippen LogP contribution >= 0.6 is 49.9 Å². The first-order valence-electron chi connectivity index (χ1n) is 2.44. The molecule has 1 aromatic rings. The first kappa shape index (κ1) is 8.61. The topological polar surface area (TPSA) is 30.0 Å². The van der Waals surface area contributed by atoms with Gasteiger partial charge in [0.2, 0.25) is 0 Å². The Balaban J connectivity index is 2.85. The fraction of sp³-hybridized carbons (Fsp3) is 0.200. The van der Waals surface area contributed by atoms with Gasteiger partial charge in [0.25, 0.3) is 0 Å². The Morgan fingerprint density at radius 1 is 1.90 bits per heavy atom. The van der Waals surface area contributed by atoms with E-state index in [4.69, 9.17) is 0 Å². The van der Waals surface area contributed by atoms with Crippen molar-refractivity contribution in [3.05, 3.63) is 15.0 Å². The van der Waals surface area contributed by atoms with Crippen LogP contribution in [0.3, 0.4) is 0 Å². The van der Waals surface area contributed by atoms with Gasteiger partial charge in [-0.3, -0.25) is 4.79 Å². The van der Waals surface area contributed by atoms with Gasteiger partial charge in [-0.05, 0) is 15.9 Å². The molecule has 0 amide bonds. The van der Waals surface area contributed by atoms with Gasteiger partial charge in [0.05, 0.1) is 15.5 Å². The van der Waals surface area contributed by atoms with Crippen LogP contribution in [0.5, 0.6) is 0 Å². The van der Waals surface area contributed by atoms with Crippen LogP contribution in [0.2, 0.25) is 0 Å². The maximum Gasteiger partial charge on any atom is 0.184 e. The van der Waals surface area contributed by atoms with Gasteiger partial charge in [-0.1, -0.05) is 22.6 Å². The maximum absolute atomic E-state index is 11.0. The Morgan fingerprint density at radius 2 is 2.60 bits per heavy atom. The highest BCUT2D eigenvalue weighted by molar-refractivity contribution is 14.1. The second-order valence-corrected chi connectivity index (χ2v) is 4.60. The summed E-state index contributed by atoms with van der Waals surface area (Å²) >= 11 is 6.59. The van der Waals surface area contributed by atoms with E-state index in [2.05, 4.69) is 20.9 Å². The molecular formula is C5H3BrINOS. The highest BCUT2D eigenvalue weighted by Gasteiger charge is 2.06. The molecule has 0 saturated carbocycles. The van der Waals surface area contributed by atoms with Crippen LogP contribution in [0, 0.1) is 0 Å². The van der Waals surface area contributed by atoms with Crippen LogP contribution in [0.25, 0.3) is 0 Å². The molecule has 0 saturated heterocycles. The molecule has 0 aliphatic rings. The lowest BCUT2D eigenvalue weighted by Crippen LogP contribution is -1.94. The summed E-state index contributed by atoms with van der Waals surface area (Å²) in [5.74, 6) is 0.142. The van der Waals surface area contributed by atoms with E-state index in [0.29, 0.717) is 4.43 Å². The molecule has 0 aliphatic heterocycles. The van der Waals surface area contributed by atoms with E-state index in [0.717, 1.165) is 8.79 Å². The third-order valence-electron chi connectivity index (χ3n) is 0.874. The molecule has 0 aliphatic carbocycles. The van der Waals surface area contributed by atoms with Crippen molar-refractivity contribution in [3.63, 3.8) is 0 Å². The van der Waals surface area contributed by atoms with Gasteiger partial charge in [-0.15, -0.1) is 11.3 Å². The van der Waals surface area contributed by atoms with Crippen molar-refractivity contribution in [2.75, 3.05) is 4.43 Å². The van der Waals surface area contributed by atoms with Crippen LogP contribution < -0.4 is 0 Å². The SMILES string of the molecule is O=C(CI)c1cnc(Br)s1. The van der Waals surface area contributed by atoms with Gasteiger partial charge in [0.15, 0.2) is 9.70 Å². The summed E-state index contributed by atoms with van der Waals surface area (Å²) in [6, 6.07) is 0. The maximum atomic E-state index is 11.0. The smallest absolute Gasteiger partial charge is 0.184 e. The number of Topliss-reactive ketones (excluding diaryl/α,β-unsaturated/α-hetero) is 1. The molecule has 0 spiro atoms. The largest absolute Gasteiger partial charge is 0.292 e. The summed E-state index contributed by atoms with van der Waals surface area (Å²) in [7, 11) is 0. The van der Waals surface area contributed by atoms with Gasteiger partial charge < -0.3 is 0 Å². The Morgan fingerprint density at radius 3 is 3.00 bits per heavy atom. The molecule has 0 radical (unpaired) electrons. The van der Waals surface area contributed by atoms with Crippen molar-refractivity contribution >= 4 is 55.6 Å². The fourth-order valence-corrected chi connectivity index (χ4v) is 2.32. The number of thiazole rings is 1. The molecule has 0 N–H and O–H groups in total. The molecular weight excluding hydrogens is 329 g/mol. The van der Waals surface area contributed by atoms with E-state index in [9.17, 15) is 4.79 Å². The Labute approximate surface area is 84.3 Å². The zero-order chi connectivity index (χ0) is 7.56. The minimum Gasteiger partial charge on any atom is -0.292 e. The molecule has 0 atom stereocenters. The summed E-state index contributed by atoms with van der Waals surface area (Å²) in [6.45, 7) is 0. The lowest BCUT2D eigenvalue weighted by molar-refractivity contribution is 0.102. The summed E-state index contributed by atoms with van der Waals surface area (Å²) in [4.78, 5) is 15.6. The Hall–Kier alpha value is 0.510. The molecule has 0 fully saturated rings. The molecule has 54 valence electrons. The van der Waals surface area contributed by atoms with Crippen molar-refractivity contribution in [2.45, 2.75) is 0 Å². The van der Waals surface area contributed by atoms with Crippen LogP contribution in [0.15, 0.2) is 10.1 Å². The predicted molar refractivity (Wildman–Crippen MR) is 53.0 cm³/mol. The first-order chi connectivity index (χ1) is 4.74. The Bertz CT molecular complexity index is 250.